The first-order valence-corrected chi connectivity index (χ1v) is 11.9. The third-order valence-electron chi connectivity index (χ3n) is 5.81. The van der Waals surface area contributed by atoms with Crippen molar-refractivity contribution >= 4 is 22.4 Å². The Labute approximate surface area is 193 Å². The van der Waals surface area contributed by atoms with Crippen LogP contribution in [0.3, 0.4) is 0 Å². The van der Waals surface area contributed by atoms with Crippen LogP contribution in [0.4, 0.5) is 5.13 Å². The van der Waals surface area contributed by atoms with E-state index in [4.69, 9.17) is 4.74 Å². The lowest BCUT2D eigenvalue weighted by Crippen LogP contribution is -2.49. The van der Waals surface area contributed by atoms with E-state index in [1.54, 1.807) is 7.11 Å². The number of hydrogen-bond acceptors (Lipinski definition) is 6. The molecule has 7 heteroatoms. The van der Waals surface area contributed by atoms with Crippen LogP contribution in [-0.4, -0.2) is 67.1 Å². The third kappa shape index (κ3) is 6.16. The normalized spacial score (nSPS) is 14.9. The predicted octanol–water partition coefficient (Wildman–Crippen LogP) is 3.93. The third-order valence-corrected chi connectivity index (χ3v) is 6.56. The summed E-state index contributed by atoms with van der Waals surface area (Å²) >= 11 is 1.47. The summed E-state index contributed by atoms with van der Waals surface area (Å²) in [5, 5.41) is 5.61. The first-order chi connectivity index (χ1) is 15.6. The van der Waals surface area contributed by atoms with E-state index in [2.05, 4.69) is 63.4 Å². The molecular weight excluding hydrogens is 420 g/mol. The molecule has 4 rings (SSSR count). The van der Waals surface area contributed by atoms with Gasteiger partial charge in [0.15, 0.2) is 5.13 Å². The quantitative estimate of drug-likeness (QED) is 0.564. The number of aromatic nitrogens is 1. The van der Waals surface area contributed by atoms with Crippen LogP contribution in [-0.2, 0) is 11.2 Å². The number of ether oxygens (including phenoxy) is 1. The fourth-order valence-corrected chi connectivity index (χ4v) is 4.54. The van der Waals surface area contributed by atoms with Gasteiger partial charge in [-0.3, -0.25) is 9.69 Å². The van der Waals surface area contributed by atoms with E-state index in [9.17, 15) is 4.79 Å². The molecule has 0 spiro atoms. The molecule has 0 atom stereocenters. The average Bonchev–Trinajstić information content (AvgIpc) is 3.27. The molecule has 0 unspecified atom stereocenters. The molecule has 1 aliphatic rings. The smallest absolute Gasteiger partial charge is 0.240 e. The van der Waals surface area contributed by atoms with E-state index in [0.717, 1.165) is 56.2 Å². The molecule has 1 saturated heterocycles. The molecule has 0 radical (unpaired) electrons. The number of thiazole rings is 1. The van der Waals surface area contributed by atoms with Crippen LogP contribution in [0, 0.1) is 6.92 Å². The zero-order chi connectivity index (χ0) is 22.3. The van der Waals surface area contributed by atoms with Crippen LogP contribution in [0.1, 0.15) is 11.1 Å². The Morgan fingerprint density at radius 2 is 1.72 bits per heavy atom. The van der Waals surface area contributed by atoms with Gasteiger partial charge in [-0.2, -0.15) is 0 Å². The molecule has 1 amide bonds. The Morgan fingerprint density at radius 3 is 2.41 bits per heavy atom. The molecule has 32 heavy (non-hydrogen) atoms. The number of carbonyl (C=O) groups is 1. The number of hydrogen-bond donors (Lipinski definition) is 1. The number of anilines is 1. The van der Waals surface area contributed by atoms with Gasteiger partial charge in [0, 0.05) is 43.7 Å². The highest BCUT2D eigenvalue weighted by Gasteiger charge is 2.19. The number of aryl methyl sites for hydroxylation is 1. The molecule has 2 aromatic carbocycles. The van der Waals surface area contributed by atoms with Crippen LogP contribution in [0.5, 0.6) is 5.75 Å². The highest BCUT2D eigenvalue weighted by Crippen LogP contribution is 2.25. The molecule has 1 fully saturated rings. The van der Waals surface area contributed by atoms with Crippen molar-refractivity contribution in [2.75, 3.05) is 51.7 Å². The Morgan fingerprint density at radius 1 is 1.03 bits per heavy atom. The van der Waals surface area contributed by atoms with Gasteiger partial charge in [-0.1, -0.05) is 42.0 Å². The summed E-state index contributed by atoms with van der Waals surface area (Å²) in [7, 11) is 1.69. The Kier molecular flexibility index (Phi) is 7.52. The van der Waals surface area contributed by atoms with Gasteiger partial charge < -0.3 is 15.0 Å². The van der Waals surface area contributed by atoms with Gasteiger partial charge in [-0.15, -0.1) is 11.3 Å². The second-order valence-corrected chi connectivity index (χ2v) is 9.03. The summed E-state index contributed by atoms with van der Waals surface area (Å²) in [6, 6.07) is 16.5. The van der Waals surface area contributed by atoms with E-state index >= 15 is 0 Å². The number of benzene rings is 2. The topological polar surface area (TPSA) is 57.7 Å². The molecule has 1 N–H and O–H groups in total. The van der Waals surface area contributed by atoms with Crippen LogP contribution < -0.4 is 10.1 Å². The number of nitrogens with one attached hydrogen (secondary N) is 1. The second kappa shape index (κ2) is 10.7. The molecular formula is C25H30N4O2S. The summed E-state index contributed by atoms with van der Waals surface area (Å²) in [5.41, 5.74) is 4.51. The van der Waals surface area contributed by atoms with Gasteiger partial charge in [0.2, 0.25) is 5.91 Å². The van der Waals surface area contributed by atoms with Gasteiger partial charge in [0.25, 0.3) is 0 Å². The van der Waals surface area contributed by atoms with Gasteiger partial charge in [0.1, 0.15) is 5.75 Å². The second-order valence-electron chi connectivity index (χ2n) is 8.17. The Hall–Kier alpha value is -2.74. The minimum atomic E-state index is 0.00138. The molecule has 1 aromatic heterocycles. The zero-order valence-corrected chi connectivity index (χ0v) is 19.5. The van der Waals surface area contributed by atoms with Crippen molar-refractivity contribution in [1.29, 1.82) is 0 Å². The Balaban J connectivity index is 1.19. The maximum absolute atomic E-state index is 12.5. The maximum Gasteiger partial charge on any atom is 0.240 e. The SMILES string of the molecule is COc1ccc(CCN2CCN(CC(=O)Nc3nc(-c4ccc(C)cc4)cs3)CC2)cc1. The van der Waals surface area contributed by atoms with Crippen molar-refractivity contribution in [2.24, 2.45) is 0 Å². The fraction of sp³-hybridized carbons (Fsp3) is 0.360. The standard InChI is InChI=1S/C25H30N4O2S/c1-19-3-7-21(8-4-19)23-18-32-25(26-23)27-24(30)17-29-15-13-28(14-16-29)12-11-20-5-9-22(31-2)10-6-20/h3-10,18H,11-17H2,1-2H3,(H,26,27,30). The molecule has 3 aromatic rings. The number of piperazine rings is 1. The highest BCUT2D eigenvalue weighted by molar-refractivity contribution is 7.14. The summed E-state index contributed by atoms with van der Waals surface area (Å²) in [4.78, 5) is 21.8. The summed E-state index contributed by atoms with van der Waals surface area (Å²) in [6.45, 7) is 7.29. The van der Waals surface area contributed by atoms with Crippen LogP contribution in [0.25, 0.3) is 11.3 Å². The molecule has 168 valence electrons. The fourth-order valence-electron chi connectivity index (χ4n) is 3.80. The van der Waals surface area contributed by atoms with Crippen LogP contribution in [0.15, 0.2) is 53.9 Å². The van der Waals surface area contributed by atoms with E-state index < -0.39 is 0 Å². The number of rotatable bonds is 8. The Bertz CT molecular complexity index is 1010. The monoisotopic (exact) mass is 450 g/mol. The van der Waals surface area contributed by atoms with Crippen molar-refractivity contribution in [3.8, 4) is 17.0 Å². The lowest BCUT2D eigenvalue weighted by Gasteiger charge is -2.34. The summed E-state index contributed by atoms with van der Waals surface area (Å²) in [6.07, 6.45) is 1.03. The maximum atomic E-state index is 12.5. The van der Waals surface area contributed by atoms with Crippen molar-refractivity contribution in [3.63, 3.8) is 0 Å². The van der Waals surface area contributed by atoms with Gasteiger partial charge in [0.05, 0.1) is 19.3 Å². The van der Waals surface area contributed by atoms with Crippen molar-refractivity contribution in [3.05, 3.63) is 65.0 Å². The van der Waals surface area contributed by atoms with E-state index in [-0.39, 0.29) is 5.91 Å². The summed E-state index contributed by atoms with van der Waals surface area (Å²) < 4.78 is 5.22. The number of methoxy groups -OCH3 is 1. The first kappa shape index (κ1) is 22.5. The predicted molar refractivity (Wildman–Crippen MR) is 130 cm³/mol. The lowest BCUT2D eigenvalue weighted by molar-refractivity contribution is -0.117. The van der Waals surface area contributed by atoms with Gasteiger partial charge in [-0.25, -0.2) is 4.98 Å². The molecule has 0 saturated carbocycles. The lowest BCUT2D eigenvalue weighted by atomic mass is 10.1. The number of carbonyl (C=O) groups excluding carboxylic acids is 1. The summed E-state index contributed by atoms with van der Waals surface area (Å²) in [5.74, 6) is 0.895. The molecule has 2 heterocycles. The molecule has 6 nitrogen and oxygen atoms in total. The van der Waals surface area contributed by atoms with Crippen molar-refractivity contribution in [1.82, 2.24) is 14.8 Å². The van der Waals surface area contributed by atoms with Crippen LogP contribution >= 0.6 is 11.3 Å². The highest BCUT2D eigenvalue weighted by atomic mass is 32.1. The minimum absolute atomic E-state index is 0.00138. The molecule has 1 aliphatic heterocycles. The van der Waals surface area contributed by atoms with E-state index in [1.807, 2.05) is 17.5 Å². The van der Waals surface area contributed by atoms with Gasteiger partial charge in [-0.05, 0) is 31.0 Å². The van der Waals surface area contributed by atoms with Gasteiger partial charge >= 0.3 is 0 Å². The molecule has 0 aliphatic carbocycles. The van der Waals surface area contributed by atoms with E-state index in [0.29, 0.717) is 11.7 Å². The van der Waals surface area contributed by atoms with Crippen LogP contribution in [0.2, 0.25) is 0 Å². The first-order valence-electron chi connectivity index (χ1n) is 11.0. The van der Waals surface area contributed by atoms with E-state index in [1.165, 1.54) is 22.5 Å². The molecule has 0 bridgehead atoms. The average molecular weight is 451 g/mol. The van der Waals surface area contributed by atoms with Crippen molar-refractivity contribution < 1.29 is 9.53 Å². The number of amides is 1. The van der Waals surface area contributed by atoms with Crippen molar-refractivity contribution in [2.45, 2.75) is 13.3 Å². The zero-order valence-electron chi connectivity index (χ0n) is 18.7. The largest absolute Gasteiger partial charge is 0.497 e. The number of nitrogens with zero attached hydrogens (tertiary/aromatic N) is 3. The minimum Gasteiger partial charge on any atom is -0.497 e.